The third kappa shape index (κ3) is 5.89. The lowest BCUT2D eigenvalue weighted by Gasteiger charge is -2.36. The molecule has 7 heteroatoms. The summed E-state index contributed by atoms with van der Waals surface area (Å²) in [4.78, 5) is 16.0. The van der Waals surface area contributed by atoms with Crippen molar-refractivity contribution in [3.05, 3.63) is 36.4 Å². The minimum atomic E-state index is -0.0133. The number of carbonyl (C=O) groups is 1. The van der Waals surface area contributed by atoms with Crippen LogP contribution in [-0.2, 0) is 4.79 Å². The number of thiophene rings is 1. The fourth-order valence-electron chi connectivity index (χ4n) is 3.20. The van der Waals surface area contributed by atoms with Gasteiger partial charge in [-0.25, -0.2) is 0 Å². The summed E-state index contributed by atoms with van der Waals surface area (Å²) >= 11 is 3.52. The van der Waals surface area contributed by atoms with Crippen LogP contribution in [0, 0.1) is 0 Å². The van der Waals surface area contributed by atoms with Crippen LogP contribution in [0.1, 0.15) is 13.3 Å². The molecule has 5 nitrogen and oxygen atoms in total. The van der Waals surface area contributed by atoms with Gasteiger partial charge in [-0.15, -0.1) is 23.1 Å². The number of nitrogens with zero attached hydrogens (tertiary/aromatic N) is 2. The largest absolute Gasteiger partial charge is 0.495 e. The molecule has 1 aromatic heterocycles. The monoisotopic (exact) mass is 405 g/mol. The van der Waals surface area contributed by atoms with Crippen molar-refractivity contribution in [2.75, 3.05) is 55.8 Å². The van der Waals surface area contributed by atoms with E-state index in [9.17, 15) is 4.79 Å². The second-order valence-corrected chi connectivity index (χ2v) is 8.98. The number of hydrogen-bond donors (Lipinski definition) is 1. The van der Waals surface area contributed by atoms with Crippen molar-refractivity contribution in [2.45, 2.75) is 17.6 Å². The van der Waals surface area contributed by atoms with E-state index in [1.807, 2.05) is 30.0 Å². The van der Waals surface area contributed by atoms with Gasteiger partial charge in [-0.2, -0.15) is 0 Å². The van der Waals surface area contributed by atoms with Gasteiger partial charge in [0, 0.05) is 38.9 Å². The molecular weight excluding hydrogens is 378 g/mol. The summed E-state index contributed by atoms with van der Waals surface area (Å²) < 4.78 is 6.75. The minimum absolute atomic E-state index is 0.0133. The molecule has 1 amide bonds. The molecule has 0 radical (unpaired) electrons. The number of piperazine rings is 1. The third-order valence-electron chi connectivity index (χ3n) is 4.54. The van der Waals surface area contributed by atoms with Crippen molar-refractivity contribution >= 4 is 39.7 Å². The van der Waals surface area contributed by atoms with Gasteiger partial charge in [-0.3, -0.25) is 9.69 Å². The molecule has 0 spiro atoms. The summed E-state index contributed by atoms with van der Waals surface area (Å²) in [6, 6.07) is 12.3. The molecule has 0 saturated carbocycles. The highest BCUT2D eigenvalue weighted by molar-refractivity contribution is 8.01. The summed E-state index contributed by atoms with van der Waals surface area (Å²) in [5.74, 6) is 2.05. The van der Waals surface area contributed by atoms with Crippen LogP contribution in [0.5, 0.6) is 5.75 Å². The number of ether oxygens (including phenoxy) is 1. The van der Waals surface area contributed by atoms with Gasteiger partial charge < -0.3 is 15.0 Å². The van der Waals surface area contributed by atoms with E-state index < -0.39 is 0 Å². The fourth-order valence-corrected chi connectivity index (χ4v) is 5.28. The van der Waals surface area contributed by atoms with Gasteiger partial charge in [-0.1, -0.05) is 12.1 Å². The van der Waals surface area contributed by atoms with Gasteiger partial charge in [0.2, 0.25) is 5.91 Å². The number of nitrogens with one attached hydrogen (secondary N) is 1. The van der Waals surface area contributed by atoms with Crippen LogP contribution in [-0.4, -0.2) is 56.4 Å². The van der Waals surface area contributed by atoms with Crippen LogP contribution in [0.2, 0.25) is 0 Å². The topological polar surface area (TPSA) is 44.8 Å². The normalized spacial score (nSPS) is 15.0. The van der Waals surface area contributed by atoms with E-state index in [2.05, 4.69) is 33.3 Å². The van der Waals surface area contributed by atoms with Gasteiger partial charge in [0.25, 0.3) is 0 Å². The number of para-hydroxylation sites is 2. The van der Waals surface area contributed by atoms with Crippen LogP contribution in [0.4, 0.5) is 10.7 Å². The molecule has 1 aromatic carbocycles. The Morgan fingerprint density at radius 1 is 1.19 bits per heavy atom. The van der Waals surface area contributed by atoms with Gasteiger partial charge in [-0.05, 0) is 37.2 Å². The predicted octanol–water partition coefficient (Wildman–Crippen LogP) is 4.02. The van der Waals surface area contributed by atoms with Crippen molar-refractivity contribution in [3.8, 4) is 5.75 Å². The van der Waals surface area contributed by atoms with E-state index in [-0.39, 0.29) is 5.91 Å². The van der Waals surface area contributed by atoms with Crippen molar-refractivity contribution in [3.63, 3.8) is 0 Å². The molecule has 0 aliphatic carbocycles. The first-order valence-electron chi connectivity index (χ1n) is 9.26. The standard InChI is InChI=1S/C20H27N3O2S2/c1-16(24)21-19-8-9-20(27-19)26-15-5-10-22-11-13-23(14-12-22)17-6-3-4-7-18(17)25-2/h3-4,6-9H,5,10-15H2,1-2H3,(H,21,24). The van der Waals surface area contributed by atoms with Crippen LogP contribution >= 0.6 is 23.1 Å². The number of hydrogen-bond acceptors (Lipinski definition) is 6. The van der Waals surface area contributed by atoms with Gasteiger partial charge in [0.1, 0.15) is 5.75 Å². The zero-order chi connectivity index (χ0) is 19.1. The number of benzene rings is 1. The molecule has 2 aromatic rings. The van der Waals surface area contributed by atoms with E-state index >= 15 is 0 Å². The SMILES string of the molecule is COc1ccccc1N1CCN(CCCSc2ccc(NC(C)=O)s2)CC1. The predicted molar refractivity (Wildman–Crippen MR) is 116 cm³/mol. The molecular formula is C20H27N3O2S2. The number of rotatable bonds is 8. The first-order valence-corrected chi connectivity index (χ1v) is 11.1. The van der Waals surface area contributed by atoms with E-state index in [1.54, 1.807) is 25.4 Å². The van der Waals surface area contributed by atoms with Crippen LogP contribution in [0.3, 0.4) is 0 Å². The Kier molecular flexibility index (Phi) is 7.43. The minimum Gasteiger partial charge on any atom is -0.495 e. The smallest absolute Gasteiger partial charge is 0.221 e. The third-order valence-corrected chi connectivity index (χ3v) is 6.85. The fraction of sp³-hybridized carbons (Fsp3) is 0.450. The van der Waals surface area contributed by atoms with Gasteiger partial charge >= 0.3 is 0 Å². The lowest BCUT2D eigenvalue weighted by Crippen LogP contribution is -2.46. The number of thioether (sulfide) groups is 1. The van der Waals surface area contributed by atoms with Gasteiger partial charge in [0.05, 0.1) is 22.0 Å². The summed E-state index contributed by atoms with van der Waals surface area (Å²) in [5.41, 5.74) is 1.20. The number of carbonyl (C=O) groups excluding carboxylic acids is 1. The highest BCUT2D eigenvalue weighted by Gasteiger charge is 2.19. The zero-order valence-electron chi connectivity index (χ0n) is 15.9. The molecule has 0 atom stereocenters. The molecule has 1 fully saturated rings. The second-order valence-electron chi connectivity index (χ2n) is 6.50. The van der Waals surface area contributed by atoms with Crippen molar-refractivity contribution in [1.82, 2.24) is 4.90 Å². The molecule has 1 saturated heterocycles. The molecule has 1 aliphatic rings. The quantitative estimate of drug-likeness (QED) is 0.531. The molecule has 0 unspecified atom stereocenters. The first kappa shape index (κ1) is 20.0. The number of methoxy groups -OCH3 is 1. The first-order chi connectivity index (χ1) is 13.2. The Labute approximate surface area is 169 Å². The van der Waals surface area contributed by atoms with Gasteiger partial charge in [0.15, 0.2) is 0 Å². The maximum Gasteiger partial charge on any atom is 0.221 e. The highest BCUT2D eigenvalue weighted by atomic mass is 32.2. The van der Waals surface area contributed by atoms with Crippen LogP contribution in [0.25, 0.3) is 0 Å². The Morgan fingerprint density at radius 2 is 1.96 bits per heavy atom. The van der Waals surface area contributed by atoms with E-state index in [0.717, 1.165) is 49.2 Å². The van der Waals surface area contributed by atoms with Crippen LogP contribution in [0.15, 0.2) is 40.6 Å². The van der Waals surface area contributed by atoms with Crippen molar-refractivity contribution in [2.24, 2.45) is 0 Å². The molecule has 1 N–H and O–H groups in total. The molecule has 0 bridgehead atoms. The maximum atomic E-state index is 11.1. The number of amides is 1. The summed E-state index contributed by atoms with van der Waals surface area (Å²) in [7, 11) is 1.74. The molecule has 146 valence electrons. The molecule has 27 heavy (non-hydrogen) atoms. The van der Waals surface area contributed by atoms with Crippen molar-refractivity contribution < 1.29 is 9.53 Å². The van der Waals surface area contributed by atoms with E-state index in [4.69, 9.17) is 4.74 Å². The zero-order valence-corrected chi connectivity index (χ0v) is 17.6. The lowest BCUT2D eigenvalue weighted by atomic mass is 10.2. The lowest BCUT2D eigenvalue weighted by molar-refractivity contribution is -0.114. The average molecular weight is 406 g/mol. The van der Waals surface area contributed by atoms with Crippen LogP contribution < -0.4 is 15.0 Å². The Hall–Kier alpha value is -1.70. The summed E-state index contributed by atoms with van der Waals surface area (Å²) in [6.07, 6.45) is 1.17. The summed E-state index contributed by atoms with van der Waals surface area (Å²) in [5, 5.41) is 3.77. The highest BCUT2D eigenvalue weighted by Crippen LogP contribution is 2.31. The maximum absolute atomic E-state index is 11.1. The molecule has 1 aliphatic heterocycles. The molecule has 2 heterocycles. The summed E-state index contributed by atoms with van der Waals surface area (Å²) in [6.45, 7) is 6.94. The van der Waals surface area contributed by atoms with Crippen molar-refractivity contribution in [1.29, 1.82) is 0 Å². The Balaban J connectivity index is 1.36. The average Bonchev–Trinajstić information content (AvgIpc) is 3.12. The molecule has 3 rings (SSSR count). The second kappa shape index (κ2) is 10.0. The van der Waals surface area contributed by atoms with E-state index in [1.165, 1.54) is 16.3 Å². The Morgan fingerprint density at radius 3 is 2.70 bits per heavy atom. The number of anilines is 2. The van der Waals surface area contributed by atoms with E-state index in [0.29, 0.717) is 0 Å². The Bertz CT molecular complexity index is 742.